The maximum Gasteiger partial charge on any atom is 0.142 e. The summed E-state index contributed by atoms with van der Waals surface area (Å²) in [6, 6.07) is 2.64. The first kappa shape index (κ1) is 13.5. The molecule has 2 unspecified atom stereocenters. The molecule has 0 aromatic carbocycles. The average Bonchev–Trinajstić information content (AvgIpc) is 3.09. The summed E-state index contributed by atoms with van der Waals surface area (Å²) >= 11 is 0. The number of nitrogens with zero attached hydrogens (tertiary/aromatic N) is 2. The molecule has 1 aromatic heterocycles. The van der Waals surface area contributed by atoms with Crippen LogP contribution in [0.4, 0.5) is 0 Å². The molecule has 1 aromatic rings. The van der Waals surface area contributed by atoms with E-state index in [2.05, 4.69) is 16.9 Å². The molecule has 4 rings (SSSR count). The van der Waals surface area contributed by atoms with Crippen molar-refractivity contribution in [2.75, 3.05) is 0 Å². The molecule has 3 aliphatic carbocycles. The van der Waals surface area contributed by atoms with Crippen molar-refractivity contribution >= 4 is 5.78 Å². The zero-order valence-electron chi connectivity index (χ0n) is 12.8. The van der Waals surface area contributed by atoms with Gasteiger partial charge in [-0.25, -0.2) is 0 Å². The molecule has 0 aliphatic heterocycles. The van der Waals surface area contributed by atoms with Crippen LogP contribution in [0, 0.1) is 17.8 Å². The van der Waals surface area contributed by atoms with Crippen LogP contribution >= 0.6 is 0 Å². The topological polar surface area (TPSA) is 34.9 Å². The zero-order valence-corrected chi connectivity index (χ0v) is 12.8. The lowest BCUT2D eigenvalue weighted by Crippen LogP contribution is -2.14. The van der Waals surface area contributed by atoms with Crippen molar-refractivity contribution in [3.8, 4) is 0 Å². The summed E-state index contributed by atoms with van der Waals surface area (Å²) in [5.41, 5.74) is 0.995. The molecule has 114 valence electrons. The third kappa shape index (κ3) is 2.67. The highest BCUT2D eigenvalue weighted by Crippen LogP contribution is 2.56. The lowest BCUT2D eigenvalue weighted by atomic mass is 9.96. The van der Waals surface area contributed by atoms with Gasteiger partial charge in [0.15, 0.2) is 0 Å². The van der Waals surface area contributed by atoms with Gasteiger partial charge in [-0.3, -0.25) is 9.48 Å². The molecule has 3 heteroatoms. The van der Waals surface area contributed by atoms with Crippen molar-refractivity contribution in [2.24, 2.45) is 17.8 Å². The smallest absolute Gasteiger partial charge is 0.142 e. The lowest BCUT2D eigenvalue weighted by Gasteiger charge is -2.21. The van der Waals surface area contributed by atoms with Crippen molar-refractivity contribution in [1.29, 1.82) is 0 Å². The normalized spacial score (nSPS) is 32.7. The largest absolute Gasteiger partial charge is 0.299 e. The molecule has 0 saturated heterocycles. The van der Waals surface area contributed by atoms with Crippen LogP contribution in [0.1, 0.15) is 69.5 Å². The summed E-state index contributed by atoms with van der Waals surface area (Å²) in [6.07, 6.45) is 14.4. The fourth-order valence-corrected chi connectivity index (χ4v) is 4.79. The SMILES string of the molecule is O=C(Cc1ccn(C2CCCCC2)n1)C1C2CCCCC21. The minimum Gasteiger partial charge on any atom is -0.299 e. The van der Waals surface area contributed by atoms with Crippen molar-refractivity contribution < 1.29 is 4.79 Å². The Bertz CT molecular complexity index is 503. The van der Waals surface area contributed by atoms with Crippen LogP contribution < -0.4 is 0 Å². The van der Waals surface area contributed by atoms with Crippen LogP contribution in [-0.4, -0.2) is 15.6 Å². The second-order valence-corrected chi connectivity index (χ2v) is 7.36. The molecule has 2 atom stereocenters. The van der Waals surface area contributed by atoms with Crippen LogP contribution in [0.15, 0.2) is 12.3 Å². The molecular weight excluding hydrogens is 260 g/mol. The van der Waals surface area contributed by atoms with Gasteiger partial charge in [0.1, 0.15) is 5.78 Å². The molecule has 21 heavy (non-hydrogen) atoms. The van der Waals surface area contributed by atoms with E-state index in [-0.39, 0.29) is 0 Å². The fourth-order valence-electron chi connectivity index (χ4n) is 4.79. The molecule has 3 saturated carbocycles. The predicted molar refractivity (Wildman–Crippen MR) is 82.0 cm³/mol. The third-order valence-electron chi connectivity index (χ3n) is 6.00. The minimum absolute atomic E-state index is 0.382. The van der Waals surface area contributed by atoms with E-state index in [4.69, 9.17) is 5.10 Å². The Kier molecular flexibility index (Phi) is 3.60. The first-order chi connectivity index (χ1) is 10.3. The highest BCUT2D eigenvalue weighted by molar-refractivity contribution is 5.86. The number of carbonyl (C=O) groups is 1. The van der Waals surface area contributed by atoms with E-state index in [1.54, 1.807) is 0 Å². The second-order valence-electron chi connectivity index (χ2n) is 7.36. The number of hydrogen-bond acceptors (Lipinski definition) is 2. The van der Waals surface area contributed by atoms with E-state index in [0.717, 1.165) is 17.5 Å². The number of aromatic nitrogens is 2. The van der Waals surface area contributed by atoms with Crippen LogP contribution in [0.3, 0.4) is 0 Å². The summed E-state index contributed by atoms with van der Waals surface area (Å²) in [5, 5.41) is 4.70. The first-order valence-corrected chi connectivity index (χ1v) is 8.89. The number of carbonyl (C=O) groups excluding carboxylic acids is 1. The minimum atomic E-state index is 0.382. The fraction of sp³-hybridized carbons (Fsp3) is 0.778. The van der Waals surface area contributed by atoms with Crippen LogP contribution in [0.25, 0.3) is 0 Å². The first-order valence-electron chi connectivity index (χ1n) is 8.89. The van der Waals surface area contributed by atoms with Gasteiger partial charge in [0.25, 0.3) is 0 Å². The molecule has 1 heterocycles. The average molecular weight is 286 g/mol. The summed E-state index contributed by atoms with van der Waals surface area (Å²) in [6.45, 7) is 0. The van der Waals surface area contributed by atoms with Crippen LogP contribution in [-0.2, 0) is 11.2 Å². The summed E-state index contributed by atoms with van der Waals surface area (Å²) < 4.78 is 2.13. The standard InChI is InChI=1S/C18H26N2O/c21-17(18-15-8-4-5-9-16(15)18)12-13-10-11-20(19-13)14-6-2-1-3-7-14/h10-11,14-16,18H,1-9,12H2. The van der Waals surface area contributed by atoms with E-state index in [9.17, 15) is 4.79 Å². The Morgan fingerprint density at radius 1 is 1.05 bits per heavy atom. The number of Topliss-reactive ketones (excluding diaryl/α,β-unsaturated/α-hetero) is 1. The Morgan fingerprint density at radius 3 is 2.43 bits per heavy atom. The summed E-state index contributed by atoms with van der Waals surface area (Å²) in [5.74, 6) is 2.30. The molecular formula is C18H26N2O. The van der Waals surface area contributed by atoms with Gasteiger partial charge in [-0.05, 0) is 43.6 Å². The second kappa shape index (κ2) is 5.58. The third-order valence-corrected chi connectivity index (χ3v) is 6.00. The van der Waals surface area contributed by atoms with Gasteiger partial charge < -0.3 is 0 Å². The highest BCUT2D eigenvalue weighted by Gasteiger charge is 2.54. The molecule has 0 radical (unpaired) electrons. The number of ketones is 1. The molecule has 3 aliphatic rings. The Balaban J connectivity index is 1.36. The molecule has 0 bridgehead atoms. The molecule has 0 spiro atoms. The van der Waals surface area contributed by atoms with Crippen LogP contribution in [0.2, 0.25) is 0 Å². The monoisotopic (exact) mass is 286 g/mol. The van der Waals surface area contributed by atoms with E-state index in [0.29, 0.717) is 24.2 Å². The Morgan fingerprint density at radius 2 is 1.71 bits per heavy atom. The van der Waals surface area contributed by atoms with Gasteiger partial charge in [0, 0.05) is 12.1 Å². The molecule has 3 fully saturated rings. The number of fused-ring (bicyclic) bond motifs is 1. The van der Waals surface area contributed by atoms with Crippen LogP contribution in [0.5, 0.6) is 0 Å². The highest BCUT2D eigenvalue weighted by atomic mass is 16.1. The van der Waals surface area contributed by atoms with Gasteiger partial charge in [0.2, 0.25) is 0 Å². The van der Waals surface area contributed by atoms with Gasteiger partial charge in [-0.1, -0.05) is 32.1 Å². The quantitative estimate of drug-likeness (QED) is 0.840. The zero-order chi connectivity index (χ0) is 14.2. The number of hydrogen-bond donors (Lipinski definition) is 0. The molecule has 3 nitrogen and oxygen atoms in total. The van der Waals surface area contributed by atoms with Crippen molar-refractivity contribution in [1.82, 2.24) is 9.78 Å². The van der Waals surface area contributed by atoms with Gasteiger partial charge in [0.05, 0.1) is 18.2 Å². The van der Waals surface area contributed by atoms with Crippen molar-refractivity contribution in [3.63, 3.8) is 0 Å². The van der Waals surface area contributed by atoms with Crippen molar-refractivity contribution in [3.05, 3.63) is 18.0 Å². The predicted octanol–water partition coefficient (Wildman–Crippen LogP) is 3.94. The molecule has 0 amide bonds. The van der Waals surface area contributed by atoms with E-state index < -0.39 is 0 Å². The van der Waals surface area contributed by atoms with Gasteiger partial charge >= 0.3 is 0 Å². The van der Waals surface area contributed by atoms with Gasteiger partial charge in [-0.15, -0.1) is 0 Å². The molecule has 0 N–H and O–H groups in total. The maximum atomic E-state index is 12.5. The van der Waals surface area contributed by atoms with Crippen molar-refractivity contribution in [2.45, 2.75) is 70.3 Å². The van der Waals surface area contributed by atoms with E-state index >= 15 is 0 Å². The Hall–Kier alpha value is -1.12. The summed E-state index contributed by atoms with van der Waals surface area (Å²) in [7, 11) is 0. The van der Waals surface area contributed by atoms with Gasteiger partial charge in [-0.2, -0.15) is 5.10 Å². The van der Waals surface area contributed by atoms with E-state index in [1.807, 2.05) is 0 Å². The summed E-state index contributed by atoms with van der Waals surface area (Å²) in [4.78, 5) is 12.5. The Labute approximate surface area is 127 Å². The maximum absolute atomic E-state index is 12.5. The number of rotatable bonds is 4. The van der Waals surface area contributed by atoms with E-state index in [1.165, 1.54) is 57.8 Å². The lowest BCUT2D eigenvalue weighted by molar-refractivity contribution is -0.120.